The van der Waals surface area contributed by atoms with Crippen LogP contribution in [0.3, 0.4) is 0 Å². The van der Waals surface area contributed by atoms with Crippen LogP contribution in [0, 0.1) is 0 Å². The molecule has 1 rings (SSSR count). The lowest BCUT2D eigenvalue weighted by Gasteiger charge is -2.54. The minimum absolute atomic E-state index is 0.0539. The van der Waals surface area contributed by atoms with E-state index in [0.29, 0.717) is 13.1 Å². The first kappa shape index (κ1) is 16.5. The lowest BCUT2D eigenvalue weighted by Crippen LogP contribution is -2.68. The van der Waals surface area contributed by atoms with E-state index in [2.05, 4.69) is 13.8 Å². The van der Waals surface area contributed by atoms with Crippen LogP contribution in [0.25, 0.3) is 0 Å². The van der Waals surface area contributed by atoms with Crippen molar-refractivity contribution in [2.75, 3.05) is 31.4 Å². The average molecular weight is 299 g/mol. The number of hydrogen-bond donors (Lipinski definition) is 2. The number of likely N-dealkylation sites (tertiary alicyclic amines) is 1. The molecule has 0 spiro atoms. The third-order valence-corrected chi connectivity index (χ3v) is 5.10. The number of piperidine rings is 1. The van der Waals surface area contributed by atoms with Gasteiger partial charge in [-0.15, -0.1) is 23.2 Å². The molecule has 2 unspecified atom stereocenters. The number of quaternary nitrogens is 1. The van der Waals surface area contributed by atoms with Gasteiger partial charge >= 0.3 is 0 Å². The van der Waals surface area contributed by atoms with E-state index < -0.39 is 12.2 Å². The first-order chi connectivity index (χ1) is 8.37. The Labute approximate surface area is 120 Å². The molecule has 0 bridgehead atoms. The van der Waals surface area contributed by atoms with Gasteiger partial charge in [0, 0.05) is 6.42 Å². The molecule has 0 saturated carbocycles. The van der Waals surface area contributed by atoms with E-state index >= 15 is 0 Å². The summed E-state index contributed by atoms with van der Waals surface area (Å²) in [5.41, 5.74) is 0.0539. The molecule has 2 N–H and O–H groups in total. The van der Waals surface area contributed by atoms with Crippen LogP contribution in [0.2, 0.25) is 0 Å². The molecule has 108 valence electrons. The number of halogens is 2. The van der Waals surface area contributed by atoms with Gasteiger partial charge in [0.15, 0.2) is 0 Å². The summed E-state index contributed by atoms with van der Waals surface area (Å²) in [5, 5.41) is 19.9. The van der Waals surface area contributed by atoms with Crippen molar-refractivity contribution in [2.24, 2.45) is 0 Å². The quantitative estimate of drug-likeness (QED) is 0.581. The molecule has 1 aliphatic rings. The summed E-state index contributed by atoms with van der Waals surface area (Å²) in [4.78, 5) is 0. The zero-order valence-corrected chi connectivity index (χ0v) is 12.9. The average Bonchev–Trinajstić information content (AvgIpc) is 2.32. The Balaban J connectivity index is 2.91. The molecule has 0 aromatic carbocycles. The van der Waals surface area contributed by atoms with Gasteiger partial charge in [-0.3, -0.25) is 0 Å². The van der Waals surface area contributed by atoms with Crippen LogP contribution in [0.15, 0.2) is 0 Å². The number of aliphatic hydroxyl groups excluding tert-OH is 2. The SMILES string of the molecule is CC1(C)CCCC[N+]1(CC(O)CCl)CC(O)CCl. The summed E-state index contributed by atoms with van der Waals surface area (Å²) in [6.45, 7) is 6.62. The van der Waals surface area contributed by atoms with E-state index in [1.807, 2.05) is 0 Å². The fourth-order valence-corrected chi connectivity index (χ4v) is 3.36. The molecule has 0 aromatic heterocycles. The van der Waals surface area contributed by atoms with Crippen molar-refractivity contribution in [3.05, 3.63) is 0 Å². The molecule has 2 atom stereocenters. The van der Waals surface area contributed by atoms with Crippen LogP contribution in [0.5, 0.6) is 0 Å². The number of rotatable bonds is 6. The predicted molar refractivity (Wildman–Crippen MR) is 76.2 cm³/mol. The molecule has 1 heterocycles. The van der Waals surface area contributed by atoms with Gasteiger partial charge < -0.3 is 14.7 Å². The van der Waals surface area contributed by atoms with Crippen LogP contribution >= 0.6 is 23.2 Å². The maximum absolute atomic E-state index is 9.93. The second kappa shape index (κ2) is 6.76. The second-order valence-corrected chi connectivity index (χ2v) is 6.74. The third kappa shape index (κ3) is 3.73. The number of aliphatic hydroxyl groups is 2. The Bertz CT molecular complexity index is 249. The van der Waals surface area contributed by atoms with Gasteiger partial charge in [-0.2, -0.15) is 0 Å². The van der Waals surface area contributed by atoms with Crippen LogP contribution < -0.4 is 0 Å². The van der Waals surface area contributed by atoms with Crippen molar-refractivity contribution < 1.29 is 14.7 Å². The zero-order chi connectivity index (χ0) is 13.8. The van der Waals surface area contributed by atoms with Crippen molar-refractivity contribution in [3.8, 4) is 0 Å². The molecular weight excluding hydrogens is 273 g/mol. The maximum atomic E-state index is 9.93. The predicted octanol–water partition coefficient (Wildman–Crippen LogP) is 1.97. The summed E-state index contributed by atoms with van der Waals surface area (Å²) >= 11 is 11.5. The summed E-state index contributed by atoms with van der Waals surface area (Å²) in [6, 6.07) is 0. The lowest BCUT2D eigenvalue weighted by atomic mass is 9.85. The Hall–Kier alpha value is 0.460. The topological polar surface area (TPSA) is 40.5 Å². The fraction of sp³-hybridized carbons (Fsp3) is 1.00. The Morgan fingerprint density at radius 3 is 1.94 bits per heavy atom. The smallest absolute Gasteiger partial charge is 0.116 e. The van der Waals surface area contributed by atoms with Crippen molar-refractivity contribution in [1.82, 2.24) is 0 Å². The van der Waals surface area contributed by atoms with Gasteiger partial charge in [0.2, 0.25) is 0 Å². The van der Waals surface area contributed by atoms with Gasteiger partial charge in [-0.1, -0.05) is 0 Å². The fourth-order valence-electron chi connectivity index (χ4n) is 3.17. The van der Waals surface area contributed by atoms with E-state index in [0.717, 1.165) is 23.9 Å². The molecule has 0 aliphatic carbocycles. The summed E-state index contributed by atoms with van der Waals surface area (Å²) in [6.07, 6.45) is 2.41. The summed E-state index contributed by atoms with van der Waals surface area (Å²) in [7, 11) is 0. The highest BCUT2D eigenvalue weighted by Gasteiger charge is 2.47. The number of nitrogens with zero attached hydrogens (tertiary/aromatic N) is 1. The molecule has 0 radical (unpaired) electrons. The van der Waals surface area contributed by atoms with E-state index in [1.165, 1.54) is 6.42 Å². The monoisotopic (exact) mass is 298 g/mol. The van der Waals surface area contributed by atoms with Crippen LogP contribution in [-0.4, -0.2) is 63.8 Å². The molecule has 1 aliphatic heterocycles. The van der Waals surface area contributed by atoms with E-state index in [-0.39, 0.29) is 17.3 Å². The maximum Gasteiger partial charge on any atom is 0.116 e. The van der Waals surface area contributed by atoms with Gasteiger partial charge in [0.05, 0.1) is 23.8 Å². The summed E-state index contributed by atoms with van der Waals surface area (Å²) in [5.74, 6) is 0.486. The Kier molecular flexibility index (Phi) is 6.20. The second-order valence-electron chi connectivity index (χ2n) is 6.12. The summed E-state index contributed by atoms with van der Waals surface area (Å²) < 4.78 is 0.717. The van der Waals surface area contributed by atoms with E-state index in [9.17, 15) is 10.2 Å². The molecule has 3 nitrogen and oxygen atoms in total. The molecular formula is C13H26Cl2NO2+. The highest BCUT2D eigenvalue weighted by molar-refractivity contribution is 6.18. The van der Waals surface area contributed by atoms with Gasteiger partial charge in [-0.25, -0.2) is 0 Å². The molecule has 18 heavy (non-hydrogen) atoms. The van der Waals surface area contributed by atoms with Crippen molar-refractivity contribution in [1.29, 1.82) is 0 Å². The van der Waals surface area contributed by atoms with E-state index in [1.54, 1.807) is 0 Å². The number of alkyl halides is 2. The normalized spacial score (nSPS) is 31.0. The van der Waals surface area contributed by atoms with Crippen LogP contribution in [0.4, 0.5) is 0 Å². The lowest BCUT2D eigenvalue weighted by molar-refractivity contribution is -0.981. The highest BCUT2D eigenvalue weighted by atomic mass is 35.5. The Morgan fingerprint density at radius 1 is 1.06 bits per heavy atom. The largest absolute Gasteiger partial charge is 0.386 e. The van der Waals surface area contributed by atoms with Gasteiger partial charge in [-0.05, 0) is 26.7 Å². The first-order valence-electron chi connectivity index (χ1n) is 6.71. The minimum Gasteiger partial charge on any atom is -0.386 e. The molecule has 1 fully saturated rings. The van der Waals surface area contributed by atoms with Crippen molar-refractivity contribution >= 4 is 23.2 Å². The van der Waals surface area contributed by atoms with Gasteiger partial charge in [0.1, 0.15) is 25.3 Å². The standard InChI is InChI=1S/C13H26Cl2NO2/c1-13(2)5-3-4-6-16(13,9-11(17)7-14)10-12(18)8-15/h11-12,17-18H,3-10H2,1-2H3/q+1. The molecule has 1 saturated heterocycles. The Morgan fingerprint density at radius 2 is 1.56 bits per heavy atom. The molecule has 5 heteroatoms. The highest BCUT2D eigenvalue weighted by Crippen LogP contribution is 2.36. The van der Waals surface area contributed by atoms with E-state index in [4.69, 9.17) is 23.2 Å². The third-order valence-electron chi connectivity index (χ3n) is 4.39. The molecule has 0 aromatic rings. The zero-order valence-electron chi connectivity index (χ0n) is 11.4. The van der Waals surface area contributed by atoms with Gasteiger partial charge in [0.25, 0.3) is 0 Å². The first-order valence-corrected chi connectivity index (χ1v) is 7.78. The minimum atomic E-state index is -0.522. The van der Waals surface area contributed by atoms with Crippen LogP contribution in [-0.2, 0) is 0 Å². The van der Waals surface area contributed by atoms with Crippen LogP contribution in [0.1, 0.15) is 33.1 Å². The number of hydrogen-bond acceptors (Lipinski definition) is 2. The van der Waals surface area contributed by atoms with Crippen molar-refractivity contribution in [3.63, 3.8) is 0 Å². The molecule has 0 amide bonds. The van der Waals surface area contributed by atoms with Crippen molar-refractivity contribution in [2.45, 2.75) is 50.9 Å².